The fourth-order valence-corrected chi connectivity index (χ4v) is 4.21. The first-order chi connectivity index (χ1) is 15.0. The van der Waals surface area contributed by atoms with Gasteiger partial charge in [-0.15, -0.1) is 10.2 Å². The second-order valence-electron chi connectivity index (χ2n) is 7.76. The molecule has 0 saturated carbocycles. The summed E-state index contributed by atoms with van der Waals surface area (Å²) >= 11 is 0. The molecule has 0 aliphatic carbocycles. The highest BCUT2D eigenvalue weighted by Crippen LogP contribution is 2.31. The SMILES string of the molecule is CN(C(=O)O)C1CCN(c2cc(F)cc3ccc(-c4nnc5ccccn45)nc23)CC1. The van der Waals surface area contributed by atoms with Gasteiger partial charge in [0.1, 0.15) is 11.5 Å². The number of carbonyl (C=O) groups is 1. The molecule has 31 heavy (non-hydrogen) atoms. The lowest BCUT2D eigenvalue weighted by molar-refractivity contribution is 0.131. The Bertz CT molecular complexity index is 1280. The molecular formula is C22H21FN6O2. The number of amides is 1. The first-order valence-electron chi connectivity index (χ1n) is 10.1. The zero-order valence-electron chi connectivity index (χ0n) is 16.9. The van der Waals surface area contributed by atoms with Gasteiger partial charge in [0.05, 0.1) is 11.2 Å². The number of halogens is 1. The molecule has 0 unspecified atom stereocenters. The number of hydrogen-bond acceptors (Lipinski definition) is 5. The van der Waals surface area contributed by atoms with Crippen molar-refractivity contribution in [2.24, 2.45) is 0 Å². The Kier molecular flexibility index (Phi) is 4.65. The summed E-state index contributed by atoms with van der Waals surface area (Å²) in [6.07, 6.45) is 2.30. The van der Waals surface area contributed by atoms with E-state index < -0.39 is 6.09 Å². The number of hydrogen-bond donors (Lipinski definition) is 1. The number of carboxylic acid groups (broad SMARTS) is 1. The molecule has 4 aromatic rings. The van der Waals surface area contributed by atoms with Gasteiger partial charge < -0.3 is 14.9 Å². The molecule has 1 aliphatic rings. The van der Waals surface area contributed by atoms with Crippen LogP contribution < -0.4 is 4.90 Å². The van der Waals surface area contributed by atoms with Crippen molar-refractivity contribution in [3.05, 3.63) is 54.5 Å². The van der Waals surface area contributed by atoms with E-state index in [9.17, 15) is 14.3 Å². The lowest BCUT2D eigenvalue weighted by Crippen LogP contribution is -2.45. The van der Waals surface area contributed by atoms with Crippen LogP contribution in [0, 0.1) is 5.82 Å². The van der Waals surface area contributed by atoms with Gasteiger partial charge >= 0.3 is 6.09 Å². The third-order valence-corrected chi connectivity index (χ3v) is 5.93. The number of rotatable bonds is 3. The van der Waals surface area contributed by atoms with Crippen LogP contribution in [0.3, 0.4) is 0 Å². The van der Waals surface area contributed by atoms with Crippen molar-refractivity contribution < 1.29 is 14.3 Å². The second-order valence-corrected chi connectivity index (χ2v) is 7.76. The van der Waals surface area contributed by atoms with Gasteiger partial charge in [0, 0.05) is 37.8 Å². The van der Waals surface area contributed by atoms with Gasteiger partial charge in [-0.1, -0.05) is 12.1 Å². The Hall–Kier alpha value is -3.75. The van der Waals surface area contributed by atoms with E-state index in [0.29, 0.717) is 54.0 Å². The van der Waals surface area contributed by atoms with E-state index >= 15 is 0 Å². The third-order valence-electron chi connectivity index (χ3n) is 5.93. The molecule has 3 aromatic heterocycles. The summed E-state index contributed by atoms with van der Waals surface area (Å²) in [6.45, 7) is 1.25. The topological polar surface area (TPSA) is 86.9 Å². The summed E-state index contributed by atoms with van der Waals surface area (Å²) in [6, 6.07) is 12.3. The van der Waals surface area contributed by atoms with Gasteiger partial charge in [0.15, 0.2) is 11.5 Å². The predicted molar refractivity (Wildman–Crippen MR) is 115 cm³/mol. The third kappa shape index (κ3) is 3.41. The number of benzene rings is 1. The highest BCUT2D eigenvalue weighted by Gasteiger charge is 2.26. The number of piperidine rings is 1. The van der Waals surface area contributed by atoms with Gasteiger partial charge in [-0.05, 0) is 43.2 Å². The minimum atomic E-state index is -0.929. The number of pyridine rings is 2. The van der Waals surface area contributed by atoms with Crippen LogP contribution in [0.2, 0.25) is 0 Å². The zero-order chi connectivity index (χ0) is 21.5. The Morgan fingerprint density at radius 2 is 1.97 bits per heavy atom. The molecule has 9 heteroatoms. The molecule has 8 nitrogen and oxygen atoms in total. The van der Waals surface area contributed by atoms with E-state index in [1.807, 2.05) is 40.9 Å². The number of anilines is 1. The maximum absolute atomic E-state index is 14.4. The molecule has 0 radical (unpaired) electrons. The van der Waals surface area contributed by atoms with E-state index in [1.54, 1.807) is 7.05 Å². The van der Waals surface area contributed by atoms with Crippen LogP contribution in [-0.4, -0.2) is 61.9 Å². The summed E-state index contributed by atoms with van der Waals surface area (Å²) < 4.78 is 16.2. The van der Waals surface area contributed by atoms with E-state index in [-0.39, 0.29) is 11.9 Å². The lowest BCUT2D eigenvalue weighted by Gasteiger charge is -2.37. The highest BCUT2D eigenvalue weighted by atomic mass is 19.1. The molecule has 5 rings (SSSR count). The quantitative estimate of drug-likeness (QED) is 0.544. The monoisotopic (exact) mass is 420 g/mol. The first-order valence-corrected chi connectivity index (χ1v) is 10.1. The average Bonchev–Trinajstić information content (AvgIpc) is 3.22. The summed E-state index contributed by atoms with van der Waals surface area (Å²) in [5.74, 6) is 0.296. The van der Waals surface area contributed by atoms with Gasteiger partial charge in [-0.2, -0.15) is 0 Å². The van der Waals surface area contributed by atoms with Crippen LogP contribution in [0.4, 0.5) is 14.9 Å². The fraction of sp³-hybridized carbons (Fsp3) is 0.273. The van der Waals surface area contributed by atoms with Gasteiger partial charge in [-0.3, -0.25) is 4.40 Å². The van der Waals surface area contributed by atoms with Crippen molar-refractivity contribution in [3.63, 3.8) is 0 Å². The minimum absolute atomic E-state index is 0.0422. The van der Waals surface area contributed by atoms with E-state index in [2.05, 4.69) is 15.1 Å². The van der Waals surface area contributed by atoms with Crippen molar-refractivity contribution in [1.29, 1.82) is 0 Å². The van der Waals surface area contributed by atoms with Crippen molar-refractivity contribution in [2.75, 3.05) is 25.0 Å². The minimum Gasteiger partial charge on any atom is -0.465 e. The molecule has 158 valence electrons. The molecular weight excluding hydrogens is 399 g/mol. The smallest absolute Gasteiger partial charge is 0.407 e. The Labute approximate surface area is 177 Å². The number of nitrogens with zero attached hydrogens (tertiary/aromatic N) is 6. The van der Waals surface area contributed by atoms with Crippen LogP contribution in [0.25, 0.3) is 28.1 Å². The number of fused-ring (bicyclic) bond motifs is 2. The van der Waals surface area contributed by atoms with Gasteiger partial charge in [-0.25, -0.2) is 14.2 Å². The van der Waals surface area contributed by atoms with E-state index in [4.69, 9.17) is 4.98 Å². The van der Waals surface area contributed by atoms with Crippen LogP contribution >= 0.6 is 0 Å². The Morgan fingerprint density at radius 3 is 2.74 bits per heavy atom. The molecule has 0 bridgehead atoms. The summed E-state index contributed by atoms with van der Waals surface area (Å²) in [5.41, 5.74) is 2.78. The molecule has 4 heterocycles. The Morgan fingerprint density at radius 1 is 1.16 bits per heavy atom. The van der Waals surface area contributed by atoms with Crippen LogP contribution in [0.1, 0.15) is 12.8 Å². The van der Waals surface area contributed by atoms with Gasteiger partial charge in [0.25, 0.3) is 0 Å². The summed E-state index contributed by atoms with van der Waals surface area (Å²) in [7, 11) is 1.59. The van der Waals surface area contributed by atoms with Crippen molar-refractivity contribution in [2.45, 2.75) is 18.9 Å². The van der Waals surface area contributed by atoms with Gasteiger partial charge in [0.2, 0.25) is 0 Å². The normalized spacial score (nSPS) is 15.0. The standard InChI is InChI=1S/C22H21FN6O2/c1-27(22(30)31)16-7-10-28(11-8-16)18-13-15(23)12-14-5-6-17(24-20(14)18)21-26-25-19-4-2-3-9-29(19)21/h2-6,9,12-13,16H,7-8,10-11H2,1H3,(H,30,31). The highest BCUT2D eigenvalue weighted by molar-refractivity contribution is 5.92. The van der Waals surface area contributed by atoms with Crippen LogP contribution in [0.15, 0.2) is 48.7 Å². The zero-order valence-corrected chi connectivity index (χ0v) is 16.9. The van der Waals surface area contributed by atoms with Crippen LogP contribution in [0.5, 0.6) is 0 Å². The second kappa shape index (κ2) is 7.50. The van der Waals surface area contributed by atoms with Crippen molar-refractivity contribution in [1.82, 2.24) is 24.5 Å². The molecule has 1 amide bonds. The lowest BCUT2D eigenvalue weighted by atomic mass is 10.0. The van der Waals surface area contributed by atoms with Crippen molar-refractivity contribution >= 4 is 28.3 Å². The molecule has 1 aliphatic heterocycles. The van der Waals surface area contributed by atoms with E-state index in [1.165, 1.54) is 17.0 Å². The maximum atomic E-state index is 14.4. The Balaban J connectivity index is 1.53. The summed E-state index contributed by atoms with van der Waals surface area (Å²) in [4.78, 5) is 19.5. The molecule has 1 fully saturated rings. The molecule has 1 saturated heterocycles. The fourth-order valence-electron chi connectivity index (χ4n) is 4.21. The first kappa shape index (κ1) is 19.2. The largest absolute Gasteiger partial charge is 0.465 e. The average molecular weight is 420 g/mol. The molecule has 0 atom stereocenters. The molecule has 0 spiro atoms. The maximum Gasteiger partial charge on any atom is 0.407 e. The summed E-state index contributed by atoms with van der Waals surface area (Å²) in [5, 5.41) is 18.4. The molecule has 1 N–H and O–H groups in total. The predicted octanol–water partition coefficient (Wildman–Crippen LogP) is 3.66. The number of aromatic nitrogens is 4. The molecule has 1 aromatic carbocycles. The van der Waals surface area contributed by atoms with Crippen molar-refractivity contribution in [3.8, 4) is 11.5 Å². The van der Waals surface area contributed by atoms with E-state index in [0.717, 1.165) is 5.65 Å². The van der Waals surface area contributed by atoms with Crippen LogP contribution in [-0.2, 0) is 0 Å².